The Hall–Kier alpha value is -1.20. The number of pyridine rings is 1. The smallest absolute Gasteiger partial charge is 0.271 e. The molecule has 0 saturated heterocycles. The molecule has 22 heavy (non-hydrogen) atoms. The third-order valence-corrected chi connectivity index (χ3v) is 3.66. The van der Waals surface area contributed by atoms with Gasteiger partial charge in [-0.15, -0.1) is 0 Å². The van der Waals surface area contributed by atoms with Crippen molar-refractivity contribution in [3.8, 4) is 0 Å². The Bertz CT molecular complexity index is 646. The van der Waals surface area contributed by atoms with Crippen molar-refractivity contribution >= 4 is 58.0 Å². The Kier molecular flexibility index (Phi) is 5.75. The van der Waals surface area contributed by atoms with E-state index in [9.17, 15) is 4.79 Å². The SMILES string of the molecule is O=C(N[C@H](Nc1ccccc1Cl)C(Cl)(Cl)Cl)c1ccccn1. The zero-order valence-electron chi connectivity index (χ0n) is 11.1. The molecule has 1 atom stereocenters. The van der Waals surface area contributed by atoms with Crippen LogP contribution >= 0.6 is 46.4 Å². The molecule has 0 aliphatic rings. The number of hydrogen-bond acceptors (Lipinski definition) is 3. The van der Waals surface area contributed by atoms with Gasteiger partial charge in [-0.3, -0.25) is 9.78 Å². The van der Waals surface area contributed by atoms with Gasteiger partial charge in [0.1, 0.15) is 11.9 Å². The number of halogens is 4. The van der Waals surface area contributed by atoms with E-state index in [2.05, 4.69) is 15.6 Å². The van der Waals surface area contributed by atoms with E-state index in [1.807, 2.05) is 0 Å². The third kappa shape index (κ3) is 4.65. The topological polar surface area (TPSA) is 54.0 Å². The Morgan fingerprint density at radius 1 is 1.09 bits per heavy atom. The number of aromatic nitrogens is 1. The summed E-state index contributed by atoms with van der Waals surface area (Å²) in [5.41, 5.74) is 0.740. The first-order valence-corrected chi connectivity index (χ1v) is 7.69. The molecule has 8 heteroatoms. The number of anilines is 1. The van der Waals surface area contributed by atoms with E-state index < -0.39 is 15.9 Å². The van der Waals surface area contributed by atoms with Gasteiger partial charge >= 0.3 is 0 Å². The number of nitrogens with zero attached hydrogens (tertiary/aromatic N) is 1. The van der Waals surface area contributed by atoms with Crippen LogP contribution in [0.25, 0.3) is 0 Å². The van der Waals surface area contributed by atoms with Gasteiger partial charge in [0.25, 0.3) is 5.91 Å². The Balaban J connectivity index is 2.18. The molecule has 0 fully saturated rings. The lowest BCUT2D eigenvalue weighted by molar-refractivity contribution is 0.0937. The highest BCUT2D eigenvalue weighted by Gasteiger charge is 2.34. The monoisotopic (exact) mass is 377 g/mol. The van der Waals surface area contributed by atoms with Crippen LogP contribution in [0.5, 0.6) is 0 Å². The van der Waals surface area contributed by atoms with E-state index in [0.29, 0.717) is 10.7 Å². The minimum atomic E-state index is -1.79. The average molecular weight is 379 g/mol. The Labute approximate surface area is 147 Å². The van der Waals surface area contributed by atoms with Gasteiger partial charge in [-0.25, -0.2) is 0 Å². The molecule has 2 rings (SSSR count). The van der Waals surface area contributed by atoms with Gasteiger partial charge in [0.15, 0.2) is 0 Å². The van der Waals surface area contributed by atoms with Gasteiger partial charge in [0.05, 0.1) is 10.7 Å². The molecule has 0 bridgehead atoms. The number of carbonyl (C=O) groups is 1. The summed E-state index contributed by atoms with van der Waals surface area (Å²) < 4.78 is -1.79. The van der Waals surface area contributed by atoms with E-state index in [0.717, 1.165) is 0 Å². The van der Waals surface area contributed by atoms with Crippen LogP contribution in [0.15, 0.2) is 48.7 Å². The first kappa shape index (κ1) is 17.2. The lowest BCUT2D eigenvalue weighted by Gasteiger charge is -2.27. The van der Waals surface area contributed by atoms with E-state index >= 15 is 0 Å². The highest BCUT2D eigenvalue weighted by Crippen LogP contribution is 2.32. The first-order chi connectivity index (χ1) is 10.4. The summed E-state index contributed by atoms with van der Waals surface area (Å²) >= 11 is 23.8. The second-order valence-corrected chi connectivity index (χ2v) is 7.06. The minimum Gasteiger partial charge on any atom is -0.361 e. The highest BCUT2D eigenvalue weighted by molar-refractivity contribution is 6.68. The molecular weight excluding hydrogens is 368 g/mol. The molecule has 2 aromatic rings. The predicted octanol–water partition coefficient (Wildman–Crippen LogP) is 4.27. The van der Waals surface area contributed by atoms with Crippen molar-refractivity contribution in [2.24, 2.45) is 0 Å². The molecule has 1 amide bonds. The zero-order chi connectivity index (χ0) is 16.2. The first-order valence-electron chi connectivity index (χ1n) is 6.17. The quantitative estimate of drug-likeness (QED) is 0.616. The number of hydrogen-bond donors (Lipinski definition) is 2. The molecule has 1 aromatic carbocycles. The maximum atomic E-state index is 12.2. The molecule has 1 aromatic heterocycles. The normalized spacial score (nSPS) is 12.5. The van der Waals surface area contributed by atoms with Crippen LogP contribution in [0.3, 0.4) is 0 Å². The van der Waals surface area contributed by atoms with Crippen LogP contribution in [0, 0.1) is 0 Å². The molecule has 116 valence electrons. The van der Waals surface area contributed by atoms with Gasteiger partial charge in [-0.05, 0) is 24.3 Å². The summed E-state index contributed by atoms with van der Waals surface area (Å²) in [5.74, 6) is -0.475. The van der Waals surface area contributed by atoms with Gasteiger partial charge in [-0.1, -0.05) is 64.6 Å². The zero-order valence-corrected chi connectivity index (χ0v) is 14.1. The molecule has 0 unspecified atom stereocenters. The van der Waals surface area contributed by atoms with Crippen LogP contribution in [0.4, 0.5) is 5.69 Å². The third-order valence-electron chi connectivity index (χ3n) is 2.67. The fraction of sp³-hybridized carbons (Fsp3) is 0.143. The summed E-state index contributed by atoms with van der Waals surface area (Å²) in [4.78, 5) is 16.1. The molecule has 4 nitrogen and oxygen atoms in total. The molecule has 0 radical (unpaired) electrons. The van der Waals surface area contributed by atoms with Crippen molar-refractivity contribution < 1.29 is 4.79 Å². The molecule has 0 aliphatic carbocycles. The lowest BCUT2D eigenvalue weighted by Crippen LogP contribution is -2.49. The van der Waals surface area contributed by atoms with Crippen LogP contribution < -0.4 is 10.6 Å². The number of nitrogens with one attached hydrogen (secondary N) is 2. The molecule has 1 heterocycles. The number of carbonyl (C=O) groups excluding carboxylic acids is 1. The second-order valence-electron chi connectivity index (χ2n) is 4.29. The van der Waals surface area contributed by atoms with Gasteiger partial charge in [0.2, 0.25) is 3.79 Å². The summed E-state index contributed by atoms with van der Waals surface area (Å²) in [7, 11) is 0. The molecule has 0 aliphatic heterocycles. The van der Waals surface area contributed by atoms with Crippen molar-refractivity contribution in [1.82, 2.24) is 10.3 Å². The minimum absolute atomic E-state index is 0.211. The van der Waals surface area contributed by atoms with E-state index in [4.69, 9.17) is 46.4 Å². The maximum Gasteiger partial charge on any atom is 0.271 e. The largest absolute Gasteiger partial charge is 0.361 e. The van der Waals surface area contributed by atoms with E-state index in [1.165, 1.54) is 6.20 Å². The average Bonchev–Trinajstić information content (AvgIpc) is 2.48. The fourth-order valence-electron chi connectivity index (χ4n) is 1.64. The number of para-hydroxylation sites is 1. The van der Waals surface area contributed by atoms with Crippen LogP contribution in [-0.2, 0) is 0 Å². The summed E-state index contributed by atoms with van der Waals surface area (Å²) in [5, 5.41) is 5.92. The second kappa shape index (κ2) is 7.38. The van der Waals surface area contributed by atoms with Crippen molar-refractivity contribution in [2.75, 3.05) is 5.32 Å². The van der Waals surface area contributed by atoms with Crippen LogP contribution in [0.1, 0.15) is 10.5 Å². The van der Waals surface area contributed by atoms with Crippen molar-refractivity contribution in [3.05, 3.63) is 59.4 Å². The molecule has 0 spiro atoms. The molecular formula is C14H11Cl4N3O. The van der Waals surface area contributed by atoms with Crippen molar-refractivity contribution in [3.63, 3.8) is 0 Å². The van der Waals surface area contributed by atoms with Crippen LogP contribution in [-0.4, -0.2) is 20.8 Å². The summed E-state index contributed by atoms with van der Waals surface area (Å²) in [6, 6.07) is 11.9. The number of amides is 1. The van der Waals surface area contributed by atoms with E-state index in [1.54, 1.807) is 42.5 Å². The fourth-order valence-corrected chi connectivity index (χ4v) is 2.15. The van der Waals surface area contributed by atoms with Crippen molar-refractivity contribution in [2.45, 2.75) is 9.96 Å². The maximum absolute atomic E-state index is 12.2. The van der Waals surface area contributed by atoms with Crippen molar-refractivity contribution in [1.29, 1.82) is 0 Å². The van der Waals surface area contributed by atoms with Gasteiger partial charge < -0.3 is 10.6 Å². The highest BCUT2D eigenvalue weighted by atomic mass is 35.6. The van der Waals surface area contributed by atoms with Gasteiger partial charge in [-0.2, -0.15) is 0 Å². The van der Waals surface area contributed by atoms with Gasteiger partial charge in [0, 0.05) is 6.20 Å². The number of benzene rings is 1. The predicted molar refractivity (Wildman–Crippen MR) is 90.9 cm³/mol. The summed E-state index contributed by atoms with van der Waals surface area (Å²) in [6.45, 7) is 0. The number of rotatable bonds is 4. The van der Waals surface area contributed by atoms with Crippen LogP contribution in [0.2, 0.25) is 5.02 Å². The standard InChI is InChI=1S/C14H11Cl4N3O/c15-9-5-1-2-6-10(9)20-13(14(16,17)18)21-12(22)11-7-3-4-8-19-11/h1-8,13,20H,(H,21,22)/t13-/m0/s1. The number of alkyl halides is 3. The Morgan fingerprint density at radius 2 is 1.77 bits per heavy atom. The van der Waals surface area contributed by atoms with E-state index in [-0.39, 0.29) is 5.69 Å². The summed E-state index contributed by atoms with van der Waals surface area (Å²) in [6.07, 6.45) is 0.507. The molecule has 0 saturated carbocycles. The lowest BCUT2D eigenvalue weighted by atomic mass is 10.3. The molecule has 2 N–H and O–H groups in total. The Morgan fingerprint density at radius 3 is 2.36 bits per heavy atom.